The van der Waals surface area contributed by atoms with Crippen LogP contribution < -0.4 is 15.5 Å². The summed E-state index contributed by atoms with van der Waals surface area (Å²) >= 11 is 0. The Morgan fingerprint density at radius 2 is 1.72 bits per heavy atom. The van der Waals surface area contributed by atoms with E-state index >= 15 is 0 Å². The molecule has 29 heavy (non-hydrogen) atoms. The summed E-state index contributed by atoms with van der Waals surface area (Å²) in [4.78, 5) is 42.8. The summed E-state index contributed by atoms with van der Waals surface area (Å²) in [7, 11) is 0. The van der Waals surface area contributed by atoms with Crippen LogP contribution in [0.5, 0.6) is 0 Å². The second-order valence-corrected chi connectivity index (χ2v) is 7.31. The average Bonchev–Trinajstić information content (AvgIpc) is 2.63. The van der Waals surface area contributed by atoms with E-state index in [0.717, 1.165) is 11.1 Å². The van der Waals surface area contributed by atoms with E-state index < -0.39 is 0 Å². The van der Waals surface area contributed by atoms with Crippen molar-refractivity contribution in [2.24, 2.45) is 0 Å². The summed E-state index contributed by atoms with van der Waals surface area (Å²) in [5.74, 6) is -0.383. The number of amides is 3. The number of rotatable bonds is 8. The van der Waals surface area contributed by atoms with Gasteiger partial charge in [-0.25, -0.2) is 4.98 Å². The standard InChI is InChI=1S/C22H28N4O3/c1-15(2)24-21(28)14-26(18-7-5-6-16(3)12-18)22(29)9-8-20(27)25-19-13-17(4)10-11-23-19/h5-7,10-13,15H,8-9,14H2,1-4H3,(H,24,28)(H,23,25,27). The highest BCUT2D eigenvalue weighted by Crippen LogP contribution is 2.17. The molecule has 1 aromatic carbocycles. The summed E-state index contributed by atoms with van der Waals surface area (Å²) in [6.45, 7) is 7.45. The van der Waals surface area contributed by atoms with Gasteiger partial charge in [-0.3, -0.25) is 14.4 Å². The molecule has 1 aromatic heterocycles. The van der Waals surface area contributed by atoms with Gasteiger partial charge >= 0.3 is 0 Å². The molecule has 0 saturated carbocycles. The predicted octanol–water partition coefficient (Wildman–Crippen LogP) is 2.97. The Bertz CT molecular complexity index is 880. The van der Waals surface area contributed by atoms with Crippen LogP contribution in [0.15, 0.2) is 42.6 Å². The smallest absolute Gasteiger partial charge is 0.240 e. The van der Waals surface area contributed by atoms with Gasteiger partial charge < -0.3 is 15.5 Å². The van der Waals surface area contributed by atoms with Crippen LogP contribution >= 0.6 is 0 Å². The highest BCUT2D eigenvalue weighted by molar-refractivity contribution is 6.01. The van der Waals surface area contributed by atoms with Crippen LogP contribution in [0.4, 0.5) is 11.5 Å². The second-order valence-electron chi connectivity index (χ2n) is 7.31. The number of carbonyl (C=O) groups is 3. The molecule has 7 heteroatoms. The molecule has 2 N–H and O–H groups in total. The highest BCUT2D eigenvalue weighted by Gasteiger charge is 2.20. The maximum absolute atomic E-state index is 12.8. The fourth-order valence-electron chi connectivity index (χ4n) is 2.80. The molecule has 0 atom stereocenters. The highest BCUT2D eigenvalue weighted by atomic mass is 16.2. The third-order valence-electron chi connectivity index (χ3n) is 4.11. The number of aromatic nitrogens is 1. The molecule has 7 nitrogen and oxygen atoms in total. The summed E-state index contributed by atoms with van der Waals surface area (Å²) in [5, 5.41) is 5.49. The number of nitrogens with zero attached hydrogens (tertiary/aromatic N) is 2. The van der Waals surface area contributed by atoms with E-state index in [4.69, 9.17) is 0 Å². The molecule has 0 aliphatic heterocycles. The van der Waals surface area contributed by atoms with E-state index in [1.54, 1.807) is 18.3 Å². The van der Waals surface area contributed by atoms with E-state index in [9.17, 15) is 14.4 Å². The summed E-state index contributed by atoms with van der Waals surface area (Å²) in [6, 6.07) is 11.0. The lowest BCUT2D eigenvalue weighted by atomic mass is 10.2. The van der Waals surface area contributed by atoms with E-state index in [1.165, 1.54) is 4.90 Å². The number of anilines is 2. The Kier molecular flexibility index (Phi) is 7.88. The van der Waals surface area contributed by atoms with Crippen LogP contribution in [-0.4, -0.2) is 35.3 Å². The zero-order valence-electron chi connectivity index (χ0n) is 17.4. The van der Waals surface area contributed by atoms with Crippen molar-refractivity contribution in [2.45, 2.75) is 46.6 Å². The van der Waals surface area contributed by atoms with Crippen LogP contribution in [0, 0.1) is 13.8 Å². The Balaban J connectivity index is 2.04. The molecule has 154 valence electrons. The third kappa shape index (κ3) is 7.37. The van der Waals surface area contributed by atoms with Gasteiger partial charge in [-0.2, -0.15) is 0 Å². The fourth-order valence-corrected chi connectivity index (χ4v) is 2.80. The molecule has 1 heterocycles. The molecule has 2 aromatic rings. The quantitative estimate of drug-likeness (QED) is 0.718. The minimum absolute atomic E-state index is 0.00255. The van der Waals surface area contributed by atoms with E-state index in [-0.39, 0.29) is 43.1 Å². The van der Waals surface area contributed by atoms with Crippen molar-refractivity contribution in [3.8, 4) is 0 Å². The number of nitrogens with one attached hydrogen (secondary N) is 2. The van der Waals surface area contributed by atoms with Crippen molar-refractivity contribution < 1.29 is 14.4 Å². The van der Waals surface area contributed by atoms with Gasteiger partial charge in [-0.05, 0) is 63.1 Å². The molecule has 0 saturated heterocycles. The van der Waals surface area contributed by atoms with Crippen LogP contribution in [0.25, 0.3) is 0 Å². The summed E-state index contributed by atoms with van der Waals surface area (Å²) in [6.07, 6.45) is 1.60. The molecule has 0 bridgehead atoms. The minimum Gasteiger partial charge on any atom is -0.352 e. The van der Waals surface area contributed by atoms with Crippen molar-refractivity contribution in [3.63, 3.8) is 0 Å². The predicted molar refractivity (Wildman–Crippen MR) is 114 cm³/mol. The molecule has 2 rings (SSSR count). The lowest BCUT2D eigenvalue weighted by molar-refractivity contribution is -0.125. The van der Waals surface area contributed by atoms with Crippen molar-refractivity contribution in [2.75, 3.05) is 16.8 Å². The summed E-state index contributed by atoms with van der Waals surface area (Å²) in [5.41, 5.74) is 2.59. The Hall–Kier alpha value is -3.22. The van der Waals surface area contributed by atoms with Gasteiger partial charge in [0.05, 0.1) is 0 Å². The largest absolute Gasteiger partial charge is 0.352 e. The van der Waals surface area contributed by atoms with E-state index in [1.807, 2.05) is 52.0 Å². The van der Waals surface area contributed by atoms with Gasteiger partial charge in [0.2, 0.25) is 17.7 Å². The van der Waals surface area contributed by atoms with Crippen LogP contribution in [-0.2, 0) is 14.4 Å². The molecular weight excluding hydrogens is 368 g/mol. The number of pyridine rings is 1. The minimum atomic E-state index is -0.299. The van der Waals surface area contributed by atoms with Gasteiger partial charge in [0.25, 0.3) is 0 Å². The Labute approximate surface area is 171 Å². The van der Waals surface area contributed by atoms with Crippen molar-refractivity contribution in [1.82, 2.24) is 10.3 Å². The monoisotopic (exact) mass is 396 g/mol. The first-order chi connectivity index (χ1) is 13.7. The van der Waals surface area contributed by atoms with Crippen LogP contribution in [0.2, 0.25) is 0 Å². The molecule has 0 aliphatic rings. The van der Waals surface area contributed by atoms with Crippen molar-refractivity contribution >= 4 is 29.2 Å². The maximum Gasteiger partial charge on any atom is 0.240 e. The van der Waals surface area contributed by atoms with Crippen molar-refractivity contribution in [3.05, 3.63) is 53.7 Å². The molecule has 0 unspecified atom stereocenters. The average molecular weight is 396 g/mol. The van der Waals surface area contributed by atoms with Gasteiger partial charge in [-0.1, -0.05) is 12.1 Å². The number of hydrogen-bond donors (Lipinski definition) is 2. The molecule has 0 spiro atoms. The van der Waals surface area contributed by atoms with Gasteiger partial charge in [0.15, 0.2) is 0 Å². The maximum atomic E-state index is 12.8. The number of carbonyl (C=O) groups excluding carboxylic acids is 3. The third-order valence-corrected chi connectivity index (χ3v) is 4.11. The zero-order chi connectivity index (χ0) is 21.4. The van der Waals surface area contributed by atoms with Crippen LogP contribution in [0.3, 0.4) is 0 Å². The van der Waals surface area contributed by atoms with Gasteiger partial charge in [-0.15, -0.1) is 0 Å². The van der Waals surface area contributed by atoms with E-state index in [2.05, 4.69) is 15.6 Å². The molecule has 0 radical (unpaired) electrons. The zero-order valence-corrected chi connectivity index (χ0v) is 17.4. The summed E-state index contributed by atoms with van der Waals surface area (Å²) < 4.78 is 0. The molecule has 0 fully saturated rings. The molecule has 3 amide bonds. The molecule has 0 aliphatic carbocycles. The number of aryl methyl sites for hydroxylation is 2. The first-order valence-corrected chi connectivity index (χ1v) is 9.63. The Morgan fingerprint density at radius 1 is 1.00 bits per heavy atom. The number of hydrogen-bond acceptors (Lipinski definition) is 4. The lowest BCUT2D eigenvalue weighted by Crippen LogP contribution is -2.43. The van der Waals surface area contributed by atoms with Gasteiger partial charge in [0, 0.05) is 30.8 Å². The SMILES string of the molecule is Cc1cccc(N(CC(=O)NC(C)C)C(=O)CCC(=O)Nc2cc(C)ccn2)c1. The van der Waals surface area contributed by atoms with Crippen LogP contribution in [0.1, 0.15) is 37.8 Å². The first-order valence-electron chi connectivity index (χ1n) is 9.63. The normalized spacial score (nSPS) is 10.5. The topological polar surface area (TPSA) is 91.4 Å². The fraction of sp³-hybridized carbons (Fsp3) is 0.364. The number of benzene rings is 1. The Morgan fingerprint density at radius 3 is 2.38 bits per heavy atom. The van der Waals surface area contributed by atoms with E-state index in [0.29, 0.717) is 11.5 Å². The van der Waals surface area contributed by atoms with Crippen molar-refractivity contribution in [1.29, 1.82) is 0 Å². The lowest BCUT2D eigenvalue weighted by Gasteiger charge is -2.23. The first kappa shape index (κ1) is 22.1. The molecular formula is C22H28N4O3. The van der Waals surface area contributed by atoms with Gasteiger partial charge in [0.1, 0.15) is 12.4 Å². The second kappa shape index (κ2) is 10.4.